The first-order valence-electron chi connectivity index (χ1n) is 8.31. The topological polar surface area (TPSA) is 52.7 Å². The fourth-order valence-electron chi connectivity index (χ4n) is 3.81. The van der Waals surface area contributed by atoms with E-state index >= 15 is 0 Å². The van der Waals surface area contributed by atoms with E-state index in [0.29, 0.717) is 18.4 Å². The van der Waals surface area contributed by atoms with Gasteiger partial charge in [-0.15, -0.1) is 0 Å². The molecule has 1 unspecified atom stereocenters. The summed E-state index contributed by atoms with van der Waals surface area (Å²) in [5.41, 5.74) is -0.188. The highest BCUT2D eigenvalue weighted by Crippen LogP contribution is 2.41. The number of nitrogens with one attached hydrogen (secondary N) is 1. The quantitative estimate of drug-likeness (QED) is 0.854. The van der Waals surface area contributed by atoms with Crippen LogP contribution in [-0.2, 0) is 9.59 Å². The van der Waals surface area contributed by atoms with Gasteiger partial charge in [0.1, 0.15) is 0 Å². The average Bonchev–Trinajstić information content (AvgIpc) is 3.19. The van der Waals surface area contributed by atoms with Crippen molar-refractivity contribution in [2.75, 3.05) is 13.1 Å². The fourth-order valence-corrected chi connectivity index (χ4v) is 3.81. The fraction of sp³-hybridized carbons (Fsp3) is 0.875. The summed E-state index contributed by atoms with van der Waals surface area (Å²) in [6, 6.07) is 0.358. The highest BCUT2D eigenvalue weighted by atomic mass is 16.2. The van der Waals surface area contributed by atoms with Crippen LogP contribution in [0.25, 0.3) is 0 Å². The molecule has 118 valence electrons. The number of carbonyl (C=O) groups is 2. The Balaban J connectivity index is 1.66. The molecule has 0 aromatic rings. The van der Waals surface area contributed by atoms with Gasteiger partial charge in [0.05, 0.1) is 11.7 Å². The van der Waals surface area contributed by atoms with Crippen molar-refractivity contribution in [1.29, 1.82) is 0 Å². The van der Waals surface area contributed by atoms with Crippen LogP contribution in [0, 0.1) is 5.92 Å². The Morgan fingerprint density at radius 3 is 2.48 bits per heavy atom. The van der Waals surface area contributed by atoms with Gasteiger partial charge in [-0.1, -0.05) is 13.8 Å². The number of hydrogen-bond acceptors (Lipinski definition) is 3. The van der Waals surface area contributed by atoms with Gasteiger partial charge >= 0.3 is 0 Å². The maximum atomic E-state index is 12.4. The van der Waals surface area contributed by atoms with Crippen LogP contribution < -0.4 is 5.32 Å². The predicted molar refractivity (Wildman–Crippen MR) is 80.5 cm³/mol. The zero-order chi connectivity index (χ0) is 15.2. The van der Waals surface area contributed by atoms with Gasteiger partial charge < -0.3 is 9.80 Å². The molecule has 1 saturated carbocycles. The average molecular weight is 293 g/mol. The van der Waals surface area contributed by atoms with E-state index in [-0.39, 0.29) is 23.5 Å². The number of likely N-dealkylation sites (tertiary alicyclic amines) is 1. The van der Waals surface area contributed by atoms with Crippen LogP contribution in [0.3, 0.4) is 0 Å². The summed E-state index contributed by atoms with van der Waals surface area (Å²) in [5, 5.41) is 3.53. The second-order valence-electron chi connectivity index (χ2n) is 7.32. The van der Waals surface area contributed by atoms with E-state index in [1.165, 1.54) is 0 Å². The number of carbonyl (C=O) groups excluding carboxylic acids is 2. The van der Waals surface area contributed by atoms with Gasteiger partial charge in [-0.3, -0.25) is 14.9 Å². The van der Waals surface area contributed by atoms with Gasteiger partial charge in [0.25, 0.3) is 0 Å². The van der Waals surface area contributed by atoms with E-state index in [4.69, 9.17) is 0 Å². The number of rotatable bonds is 3. The molecule has 3 aliphatic rings. The molecule has 0 bridgehead atoms. The monoisotopic (exact) mass is 293 g/mol. The summed E-state index contributed by atoms with van der Waals surface area (Å²) in [5.74, 6) is 0.914. The molecule has 1 spiro atoms. The van der Waals surface area contributed by atoms with E-state index in [0.717, 1.165) is 38.8 Å². The second-order valence-corrected chi connectivity index (χ2v) is 7.32. The van der Waals surface area contributed by atoms with Gasteiger partial charge in [-0.05, 0) is 25.7 Å². The highest BCUT2D eigenvalue weighted by molar-refractivity contribution is 5.85. The largest absolute Gasteiger partial charge is 0.342 e. The van der Waals surface area contributed by atoms with Crippen molar-refractivity contribution in [3.05, 3.63) is 0 Å². The third kappa shape index (κ3) is 2.68. The minimum Gasteiger partial charge on any atom is -0.342 e. The summed E-state index contributed by atoms with van der Waals surface area (Å²) in [6.07, 6.45) is 4.63. The van der Waals surface area contributed by atoms with Gasteiger partial charge in [0, 0.05) is 38.4 Å². The molecule has 2 saturated heterocycles. The van der Waals surface area contributed by atoms with E-state index in [1.807, 2.05) is 11.8 Å². The third-order valence-corrected chi connectivity index (χ3v) is 4.99. The van der Waals surface area contributed by atoms with Crippen molar-refractivity contribution in [3.63, 3.8) is 0 Å². The maximum absolute atomic E-state index is 12.4. The summed E-state index contributed by atoms with van der Waals surface area (Å²) in [6.45, 7) is 7.65. The molecule has 3 fully saturated rings. The molecule has 0 aromatic carbocycles. The van der Waals surface area contributed by atoms with Crippen LogP contribution in [-0.4, -0.2) is 52.5 Å². The Bertz CT molecular complexity index is 437. The molecule has 2 amide bonds. The summed E-state index contributed by atoms with van der Waals surface area (Å²) < 4.78 is 0. The minimum atomic E-state index is -0.188. The molecule has 0 aromatic heterocycles. The van der Waals surface area contributed by atoms with Gasteiger partial charge in [0.2, 0.25) is 11.8 Å². The zero-order valence-corrected chi connectivity index (χ0v) is 13.4. The van der Waals surface area contributed by atoms with Gasteiger partial charge in [0.15, 0.2) is 0 Å². The molecule has 2 heterocycles. The minimum absolute atomic E-state index is 0.0801. The Hall–Kier alpha value is -1.10. The van der Waals surface area contributed by atoms with Crippen LogP contribution in [0.1, 0.15) is 52.9 Å². The van der Waals surface area contributed by atoms with Crippen LogP contribution in [0.2, 0.25) is 0 Å². The number of hydrogen-bond donors (Lipinski definition) is 1. The van der Waals surface area contributed by atoms with Gasteiger partial charge in [-0.2, -0.15) is 0 Å². The van der Waals surface area contributed by atoms with E-state index in [9.17, 15) is 9.59 Å². The molecule has 5 heteroatoms. The number of amides is 2. The molecule has 2 aliphatic heterocycles. The maximum Gasteiger partial charge on any atom is 0.241 e. The lowest BCUT2D eigenvalue weighted by Crippen LogP contribution is -2.60. The normalized spacial score (nSPS) is 28.8. The SMILES string of the molecule is CC(C)CC(=O)N1CCC2(CC1)NC(C)C(=O)N2C1CC1. The van der Waals surface area contributed by atoms with Crippen LogP contribution >= 0.6 is 0 Å². The number of piperidine rings is 1. The predicted octanol–water partition coefficient (Wildman–Crippen LogP) is 1.33. The Kier molecular flexibility index (Phi) is 3.72. The Labute approximate surface area is 127 Å². The van der Waals surface area contributed by atoms with Crippen molar-refractivity contribution in [2.45, 2.75) is 70.6 Å². The first-order chi connectivity index (χ1) is 9.93. The number of nitrogens with zero attached hydrogens (tertiary/aromatic N) is 2. The molecule has 0 radical (unpaired) electrons. The van der Waals surface area contributed by atoms with Crippen molar-refractivity contribution in [1.82, 2.24) is 15.1 Å². The lowest BCUT2D eigenvalue weighted by Gasteiger charge is -2.45. The smallest absolute Gasteiger partial charge is 0.241 e. The Morgan fingerprint density at radius 1 is 1.33 bits per heavy atom. The first-order valence-corrected chi connectivity index (χ1v) is 8.31. The van der Waals surface area contributed by atoms with Crippen molar-refractivity contribution >= 4 is 11.8 Å². The molecule has 21 heavy (non-hydrogen) atoms. The molecular formula is C16H27N3O2. The molecule has 5 nitrogen and oxygen atoms in total. The van der Waals surface area contributed by atoms with Crippen LogP contribution in [0.15, 0.2) is 0 Å². The third-order valence-electron chi connectivity index (χ3n) is 4.99. The van der Waals surface area contributed by atoms with Crippen molar-refractivity contribution < 1.29 is 9.59 Å². The van der Waals surface area contributed by atoms with E-state index in [1.54, 1.807) is 0 Å². The molecule has 1 N–H and O–H groups in total. The summed E-state index contributed by atoms with van der Waals surface area (Å²) in [7, 11) is 0. The Morgan fingerprint density at radius 2 is 1.95 bits per heavy atom. The summed E-state index contributed by atoms with van der Waals surface area (Å²) >= 11 is 0. The molecule has 1 aliphatic carbocycles. The molecular weight excluding hydrogens is 266 g/mol. The van der Waals surface area contributed by atoms with Gasteiger partial charge in [-0.25, -0.2) is 0 Å². The second kappa shape index (κ2) is 5.27. The van der Waals surface area contributed by atoms with Crippen LogP contribution in [0.4, 0.5) is 0 Å². The lowest BCUT2D eigenvalue weighted by molar-refractivity contribution is -0.138. The van der Waals surface area contributed by atoms with E-state index < -0.39 is 0 Å². The standard InChI is InChI=1S/C16H27N3O2/c1-11(2)10-14(20)18-8-6-16(7-9-18)17-12(3)15(21)19(16)13-4-5-13/h11-13,17H,4-10H2,1-3H3. The van der Waals surface area contributed by atoms with Crippen LogP contribution in [0.5, 0.6) is 0 Å². The summed E-state index contributed by atoms with van der Waals surface area (Å²) in [4.78, 5) is 28.7. The zero-order valence-electron chi connectivity index (χ0n) is 13.4. The first kappa shape index (κ1) is 14.8. The molecule has 1 atom stereocenters. The van der Waals surface area contributed by atoms with Crippen molar-refractivity contribution in [2.24, 2.45) is 5.92 Å². The van der Waals surface area contributed by atoms with E-state index in [2.05, 4.69) is 24.1 Å². The van der Waals surface area contributed by atoms with Crippen molar-refractivity contribution in [3.8, 4) is 0 Å². The highest BCUT2D eigenvalue weighted by Gasteiger charge is 2.54. The lowest BCUT2D eigenvalue weighted by atomic mass is 9.95. The molecule has 3 rings (SSSR count).